The maximum atomic E-state index is 12.8. The minimum Gasteiger partial charge on any atom is -0.478 e. The largest absolute Gasteiger partial charge is 0.478 e. The number of nitrogens with two attached hydrogens (primary N) is 1. The van der Waals surface area contributed by atoms with E-state index in [4.69, 9.17) is 27.2 Å². The van der Waals surface area contributed by atoms with E-state index < -0.39 is 23.8 Å². The standard InChI is InChI=1S/C11H7ClF3NO3/c12-7-3-5(16)1-4-2-6(10(17)18)9(11(13,14)15)19-8(4)7/h1-3,9H,16H2,(H,17,18)/t9-/m0/s1. The van der Waals surface area contributed by atoms with Crippen molar-refractivity contribution in [1.29, 1.82) is 0 Å². The van der Waals surface area contributed by atoms with E-state index in [1.54, 1.807) is 0 Å². The Morgan fingerprint density at radius 2 is 2.05 bits per heavy atom. The van der Waals surface area contributed by atoms with Gasteiger partial charge in [-0.25, -0.2) is 4.79 Å². The predicted molar refractivity (Wildman–Crippen MR) is 61.9 cm³/mol. The first kappa shape index (κ1) is 13.5. The molecule has 1 aliphatic rings. The zero-order chi connectivity index (χ0) is 14.4. The molecule has 102 valence electrons. The van der Waals surface area contributed by atoms with Crippen LogP contribution >= 0.6 is 11.6 Å². The van der Waals surface area contributed by atoms with Crippen molar-refractivity contribution in [3.63, 3.8) is 0 Å². The minimum atomic E-state index is -4.85. The van der Waals surface area contributed by atoms with E-state index in [1.807, 2.05) is 0 Å². The monoisotopic (exact) mass is 293 g/mol. The van der Waals surface area contributed by atoms with E-state index in [9.17, 15) is 18.0 Å². The molecule has 3 N–H and O–H groups in total. The van der Waals surface area contributed by atoms with Gasteiger partial charge in [0, 0.05) is 11.3 Å². The number of rotatable bonds is 1. The molecule has 8 heteroatoms. The number of anilines is 1. The molecular weight excluding hydrogens is 287 g/mol. The molecule has 0 unspecified atom stereocenters. The maximum Gasteiger partial charge on any atom is 0.430 e. The Morgan fingerprint density at radius 3 is 2.58 bits per heavy atom. The summed E-state index contributed by atoms with van der Waals surface area (Å²) in [4.78, 5) is 10.9. The highest BCUT2D eigenvalue weighted by Gasteiger charge is 2.48. The molecule has 1 aliphatic heterocycles. The van der Waals surface area contributed by atoms with E-state index in [0.717, 1.165) is 6.08 Å². The van der Waals surface area contributed by atoms with Crippen LogP contribution in [0.1, 0.15) is 5.56 Å². The van der Waals surface area contributed by atoms with Crippen molar-refractivity contribution in [2.24, 2.45) is 0 Å². The van der Waals surface area contributed by atoms with Gasteiger partial charge in [0.2, 0.25) is 6.10 Å². The molecule has 0 fully saturated rings. The van der Waals surface area contributed by atoms with E-state index in [1.165, 1.54) is 12.1 Å². The molecule has 0 spiro atoms. The minimum absolute atomic E-state index is 0.0999. The maximum absolute atomic E-state index is 12.8. The fraction of sp³-hybridized carbons (Fsp3) is 0.182. The van der Waals surface area contributed by atoms with Gasteiger partial charge < -0.3 is 15.6 Å². The summed E-state index contributed by atoms with van der Waals surface area (Å²) in [7, 11) is 0. The summed E-state index contributed by atoms with van der Waals surface area (Å²) in [6.45, 7) is 0. The molecule has 19 heavy (non-hydrogen) atoms. The van der Waals surface area contributed by atoms with Crippen molar-refractivity contribution in [3.8, 4) is 5.75 Å². The second-order valence-corrected chi connectivity index (χ2v) is 4.27. The summed E-state index contributed by atoms with van der Waals surface area (Å²) >= 11 is 5.74. The number of aliphatic carboxylic acids is 1. The van der Waals surface area contributed by atoms with Crippen LogP contribution in [0.25, 0.3) is 6.08 Å². The third kappa shape index (κ3) is 2.46. The van der Waals surface area contributed by atoms with Crippen molar-refractivity contribution in [1.82, 2.24) is 0 Å². The van der Waals surface area contributed by atoms with Crippen molar-refractivity contribution in [3.05, 3.63) is 28.3 Å². The number of carboxylic acids is 1. The van der Waals surface area contributed by atoms with Crippen molar-refractivity contribution < 1.29 is 27.8 Å². The lowest BCUT2D eigenvalue weighted by Crippen LogP contribution is -2.40. The Hall–Kier alpha value is -1.89. The topological polar surface area (TPSA) is 72.6 Å². The van der Waals surface area contributed by atoms with Gasteiger partial charge in [-0.2, -0.15) is 13.2 Å². The third-order valence-corrected chi connectivity index (χ3v) is 2.75. The molecule has 0 radical (unpaired) electrons. The van der Waals surface area contributed by atoms with Gasteiger partial charge in [0.15, 0.2) is 0 Å². The van der Waals surface area contributed by atoms with Crippen molar-refractivity contribution in [2.45, 2.75) is 12.3 Å². The van der Waals surface area contributed by atoms with Crippen LogP contribution in [0.5, 0.6) is 5.75 Å². The third-order valence-electron chi connectivity index (χ3n) is 2.47. The molecule has 1 atom stereocenters. The van der Waals surface area contributed by atoms with E-state index >= 15 is 0 Å². The molecule has 1 aromatic rings. The molecule has 0 aliphatic carbocycles. The van der Waals surface area contributed by atoms with Crippen LogP contribution in [-0.2, 0) is 4.79 Å². The van der Waals surface area contributed by atoms with Gasteiger partial charge in [0.05, 0.1) is 10.6 Å². The zero-order valence-electron chi connectivity index (χ0n) is 9.16. The molecule has 0 saturated carbocycles. The van der Waals surface area contributed by atoms with Gasteiger partial charge in [0.25, 0.3) is 0 Å². The molecule has 4 nitrogen and oxygen atoms in total. The Bertz CT molecular complexity index is 583. The SMILES string of the molecule is Nc1cc(Cl)c2c(c1)C=C(C(=O)O)[C@@H](C(F)(F)F)O2. The fourth-order valence-electron chi connectivity index (χ4n) is 1.71. The first-order valence-electron chi connectivity index (χ1n) is 4.97. The quantitative estimate of drug-likeness (QED) is 0.781. The molecule has 0 saturated heterocycles. The highest BCUT2D eigenvalue weighted by molar-refractivity contribution is 6.32. The molecule has 1 heterocycles. The molecule has 0 bridgehead atoms. The number of hydrogen-bond acceptors (Lipinski definition) is 3. The number of halogens is 4. The summed E-state index contributed by atoms with van der Waals surface area (Å²) in [5.74, 6) is -1.95. The van der Waals surface area contributed by atoms with E-state index in [-0.39, 0.29) is 22.0 Å². The molecule has 0 aromatic heterocycles. The number of fused-ring (bicyclic) bond motifs is 1. The number of alkyl halides is 3. The molecule has 0 amide bonds. The number of ether oxygens (including phenoxy) is 1. The van der Waals surface area contributed by atoms with E-state index in [0.29, 0.717) is 0 Å². The summed E-state index contributed by atoms with van der Waals surface area (Å²) in [6, 6.07) is 2.52. The number of carboxylic acid groups (broad SMARTS) is 1. The zero-order valence-corrected chi connectivity index (χ0v) is 9.92. The Labute approximate surface area is 110 Å². The first-order valence-corrected chi connectivity index (χ1v) is 5.35. The van der Waals surface area contributed by atoms with Crippen molar-refractivity contribution >= 4 is 29.3 Å². The fourth-order valence-corrected chi connectivity index (χ4v) is 1.99. The lowest BCUT2D eigenvalue weighted by atomic mass is 10.0. The smallest absolute Gasteiger partial charge is 0.430 e. The van der Waals surface area contributed by atoms with Gasteiger partial charge in [-0.1, -0.05) is 11.6 Å². The van der Waals surface area contributed by atoms with Gasteiger partial charge in [-0.05, 0) is 18.2 Å². The van der Waals surface area contributed by atoms with Gasteiger partial charge in [-0.15, -0.1) is 0 Å². The molecule has 1 aromatic carbocycles. The average molecular weight is 294 g/mol. The van der Waals surface area contributed by atoms with Crippen LogP contribution in [0.15, 0.2) is 17.7 Å². The summed E-state index contributed by atoms with van der Waals surface area (Å²) < 4.78 is 43.0. The van der Waals surface area contributed by atoms with Gasteiger partial charge in [-0.3, -0.25) is 0 Å². The highest BCUT2D eigenvalue weighted by atomic mass is 35.5. The molecular formula is C11H7ClF3NO3. The molecule has 2 rings (SSSR count). The Balaban J connectivity index is 2.61. The van der Waals surface area contributed by atoms with Crippen LogP contribution in [0, 0.1) is 0 Å². The second-order valence-electron chi connectivity index (χ2n) is 3.87. The van der Waals surface area contributed by atoms with Crippen LogP contribution in [0.3, 0.4) is 0 Å². The summed E-state index contributed by atoms with van der Waals surface area (Å²) in [5.41, 5.74) is 4.86. The lowest BCUT2D eigenvalue weighted by Gasteiger charge is -2.27. The van der Waals surface area contributed by atoms with Crippen LogP contribution in [-0.4, -0.2) is 23.4 Å². The number of benzene rings is 1. The van der Waals surface area contributed by atoms with Crippen LogP contribution in [0.4, 0.5) is 18.9 Å². The second kappa shape index (κ2) is 4.34. The van der Waals surface area contributed by atoms with Crippen molar-refractivity contribution in [2.75, 3.05) is 5.73 Å². The van der Waals surface area contributed by atoms with E-state index in [2.05, 4.69) is 0 Å². The summed E-state index contributed by atoms with van der Waals surface area (Å²) in [6.07, 6.45) is -6.55. The summed E-state index contributed by atoms with van der Waals surface area (Å²) in [5, 5.41) is 8.72. The van der Waals surface area contributed by atoms with Gasteiger partial charge >= 0.3 is 12.1 Å². The van der Waals surface area contributed by atoms with Crippen LogP contribution < -0.4 is 10.5 Å². The number of hydrogen-bond donors (Lipinski definition) is 2. The highest BCUT2D eigenvalue weighted by Crippen LogP contribution is 2.41. The van der Waals surface area contributed by atoms with Crippen LogP contribution in [0.2, 0.25) is 5.02 Å². The average Bonchev–Trinajstić information content (AvgIpc) is 2.25. The van der Waals surface area contributed by atoms with Gasteiger partial charge in [0.1, 0.15) is 5.75 Å². The Kier molecular flexibility index (Phi) is 3.09. The number of carbonyl (C=O) groups is 1. The first-order chi connectivity index (χ1) is 8.70. The number of nitrogen functional groups attached to an aromatic ring is 1. The lowest BCUT2D eigenvalue weighted by molar-refractivity contribution is -0.187. The normalized spacial score (nSPS) is 18.3. The predicted octanol–water partition coefficient (Wildman–Crippen LogP) is 2.71. The Morgan fingerprint density at radius 1 is 1.42 bits per heavy atom.